The molecule has 0 aromatic rings. The third-order valence-electron chi connectivity index (χ3n) is 2.39. The van der Waals surface area contributed by atoms with Gasteiger partial charge in [-0.05, 0) is 32.7 Å². The molecule has 2 unspecified atom stereocenters. The second kappa shape index (κ2) is 10.7. The van der Waals surface area contributed by atoms with Crippen molar-refractivity contribution < 1.29 is 9.00 Å². The Morgan fingerprint density at radius 1 is 1.24 bits per heavy atom. The van der Waals surface area contributed by atoms with Crippen LogP contribution in [0.2, 0.25) is 0 Å². The van der Waals surface area contributed by atoms with E-state index in [9.17, 15) is 9.00 Å². The topological polar surface area (TPSA) is 58.2 Å². The first-order valence-corrected chi connectivity index (χ1v) is 7.94. The number of hydrogen-bond acceptors (Lipinski definition) is 3. The number of carbonyl (C=O) groups excluding carboxylic acids is 1. The van der Waals surface area contributed by atoms with E-state index in [1.165, 1.54) is 0 Å². The molecule has 4 nitrogen and oxygen atoms in total. The van der Waals surface area contributed by atoms with Crippen LogP contribution in [0.1, 0.15) is 40.0 Å². The van der Waals surface area contributed by atoms with E-state index in [4.69, 9.17) is 0 Å². The van der Waals surface area contributed by atoms with Crippen LogP contribution in [0.25, 0.3) is 0 Å². The zero-order chi connectivity index (χ0) is 13.1. The molecule has 0 spiro atoms. The summed E-state index contributed by atoms with van der Waals surface area (Å²) in [6.07, 6.45) is 2.87. The van der Waals surface area contributed by atoms with Crippen LogP contribution in [-0.4, -0.2) is 40.8 Å². The molecule has 0 rings (SSSR count). The Morgan fingerprint density at radius 2 is 1.88 bits per heavy atom. The maximum Gasteiger partial charge on any atom is 0.232 e. The molecule has 0 aliphatic carbocycles. The second-order valence-electron chi connectivity index (χ2n) is 4.28. The number of carbonyl (C=O) groups is 1. The van der Waals surface area contributed by atoms with E-state index >= 15 is 0 Å². The summed E-state index contributed by atoms with van der Waals surface area (Å²) in [4.78, 5) is 11.3. The maximum absolute atomic E-state index is 11.6. The van der Waals surface area contributed by atoms with Gasteiger partial charge in [-0.3, -0.25) is 9.00 Å². The van der Waals surface area contributed by atoms with Gasteiger partial charge in [0.1, 0.15) is 5.75 Å². The monoisotopic (exact) mass is 262 g/mol. The molecule has 0 aromatic carbocycles. The summed E-state index contributed by atoms with van der Waals surface area (Å²) in [7, 11) is -1.03. The van der Waals surface area contributed by atoms with Crippen LogP contribution in [0.3, 0.4) is 0 Å². The Hall–Kier alpha value is -0.420. The van der Waals surface area contributed by atoms with Crippen LogP contribution in [0, 0.1) is 0 Å². The van der Waals surface area contributed by atoms with Crippen molar-refractivity contribution in [2.24, 2.45) is 0 Å². The van der Waals surface area contributed by atoms with Crippen molar-refractivity contribution in [3.8, 4) is 0 Å². The number of nitrogens with one attached hydrogen (secondary N) is 2. The Bertz CT molecular complexity index is 235. The third kappa shape index (κ3) is 10.5. The molecule has 2 N–H and O–H groups in total. The zero-order valence-electron chi connectivity index (χ0n) is 11.3. The molecule has 1 amide bonds. The van der Waals surface area contributed by atoms with Crippen LogP contribution in [-0.2, 0) is 15.6 Å². The summed E-state index contributed by atoms with van der Waals surface area (Å²) in [5.41, 5.74) is 0. The fourth-order valence-corrected chi connectivity index (χ4v) is 2.49. The minimum atomic E-state index is -1.03. The van der Waals surface area contributed by atoms with Crippen molar-refractivity contribution in [2.75, 3.05) is 24.6 Å². The van der Waals surface area contributed by atoms with Gasteiger partial charge in [-0.15, -0.1) is 0 Å². The van der Waals surface area contributed by atoms with Gasteiger partial charge in [-0.25, -0.2) is 0 Å². The predicted molar refractivity (Wildman–Crippen MR) is 73.5 cm³/mol. The molecule has 0 bridgehead atoms. The van der Waals surface area contributed by atoms with Crippen LogP contribution in [0.5, 0.6) is 0 Å². The van der Waals surface area contributed by atoms with E-state index in [2.05, 4.69) is 24.5 Å². The first-order chi connectivity index (χ1) is 8.10. The van der Waals surface area contributed by atoms with Crippen molar-refractivity contribution in [1.29, 1.82) is 0 Å². The minimum Gasteiger partial charge on any atom is -0.355 e. The summed E-state index contributed by atoms with van der Waals surface area (Å²) in [6, 6.07) is 0.373. The largest absolute Gasteiger partial charge is 0.355 e. The summed E-state index contributed by atoms with van der Waals surface area (Å²) in [5, 5.41) is 6.08. The van der Waals surface area contributed by atoms with Crippen molar-refractivity contribution in [2.45, 2.75) is 46.1 Å². The molecule has 0 saturated heterocycles. The number of amides is 1. The van der Waals surface area contributed by atoms with Gasteiger partial charge in [0.05, 0.1) is 0 Å². The fourth-order valence-electron chi connectivity index (χ4n) is 1.33. The summed E-state index contributed by atoms with van der Waals surface area (Å²) in [6.45, 7) is 7.87. The lowest BCUT2D eigenvalue weighted by molar-refractivity contribution is -0.118. The summed E-state index contributed by atoms with van der Waals surface area (Å²) in [5.74, 6) is 0.636. The quantitative estimate of drug-likeness (QED) is 0.618. The van der Waals surface area contributed by atoms with Crippen molar-refractivity contribution in [3.63, 3.8) is 0 Å². The van der Waals surface area contributed by atoms with Gasteiger partial charge in [0.25, 0.3) is 0 Å². The van der Waals surface area contributed by atoms with Crippen LogP contribution in [0.4, 0.5) is 0 Å². The van der Waals surface area contributed by atoms with Crippen LogP contribution in [0.15, 0.2) is 0 Å². The van der Waals surface area contributed by atoms with E-state index < -0.39 is 10.8 Å². The SMILES string of the molecule is CCCNC(=O)CS(=O)CCC(C)NCCC. The van der Waals surface area contributed by atoms with Crippen LogP contribution < -0.4 is 10.6 Å². The molecule has 0 aromatic heterocycles. The average molecular weight is 262 g/mol. The second-order valence-corrected chi connectivity index (χ2v) is 5.86. The Balaban J connectivity index is 3.61. The molecule has 0 aliphatic rings. The van der Waals surface area contributed by atoms with E-state index in [0.29, 0.717) is 18.3 Å². The Kier molecular flexibility index (Phi) is 10.5. The molecule has 0 aliphatic heterocycles. The van der Waals surface area contributed by atoms with E-state index in [-0.39, 0.29) is 11.7 Å². The Labute approximate surface area is 107 Å². The summed E-state index contributed by atoms with van der Waals surface area (Å²) < 4.78 is 11.6. The normalized spacial score (nSPS) is 14.3. The van der Waals surface area contributed by atoms with Crippen LogP contribution >= 0.6 is 0 Å². The lowest BCUT2D eigenvalue weighted by Crippen LogP contribution is -2.31. The highest BCUT2D eigenvalue weighted by atomic mass is 32.2. The molecular weight excluding hydrogens is 236 g/mol. The first-order valence-electron chi connectivity index (χ1n) is 6.45. The minimum absolute atomic E-state index is 0.0978. The molecule has 0 radical (unpaired) electrons. The average Bonchev–Trinajstić information content (AvgIpc) is 2.31. The molecule has 0 heterocycles. The van der Waals surface area contributed by atoms with Gasteiger partial charge < -0.3 is 10.6 Å². The maximum atomic E-state index is 11.6. The highest BCUT2D eigenvalue weighted by molar-refractivity contribution is 7.85. The van der Waals surface area contributed by atoms with Crippen molar-refractivity contribution in [3.05, 3.63) is 0 Å². The highest BCUT2D eigenvalue weighted by Gasteiger charge is 2.09. The van der Waals surface area contributed by atoms with Gasteiger partial charge >= 0.3 is 0 Å². The molecule has 17 heavy (non-hydrogen) atoms. The first kappa shape index (κ1) is 16.6. The Morgan fingerprint density at radius 3 is 2.47 bits per heavy atom. The van der Waals surface area contributed by atoms with Gasteiger partial charge in [0.2, 0.25) is 5.91 Å². The summed E-state index contributed by atoms with van der Waals surface area (Å²) >= 11 is 0. The lowest BCUT2D eigenvalue weighted by atomic mass is 10.2. The fraction of sp³-hybridized carbons (Fsp3) is 0.917. The molecule has 5 heteroatoms. The highest BCUT2D eigenvalue weighted by Crippen LogP contribution is 1.95. The third-order valence-corrected chi connectivity index (χ3v) is 3.66. The smallest absolute Gasteiger partial charge is 0.232 e. The van der Waals surface area contributed by atoms with Crippen molar-refractivity contribution in [1.82, 2.24) is 10.6 Å². The predicted octanol–water partition coefficient (Wildman–Crippen LogP) is 1.04. The molecule has 0 fully saturated rings. The number of rotatable bonds is 10. The van der Waals surface area contributed by atoms with Crippen molar-refractivity contribution >= 4 is 16.7 Å². The lowest BCUT2D eigenvalue weighted by Gasteiger charge is -2.12. The van der Waals surface area contributed by atoms with Gasteiger partial charge in [-0.2, -0.15) is 0 Å². The molecule has 102 valence electrons. The zero-order valence-corrected chi connectivity index (χ0v) is 12.1. The standard InChI is InChI=1S/C12H26N2O2S/c1-4-7-13-11(3)6-9-17(16)10-12(15)14-8-5-2/h11,13H,4-10H2,1-3H3,(H,14,15). The van der Waals surface area contributed by atoms with Gasteiger partial charge in [-0.1, -0.05) is 13.8 Å². The molecule has 2 atom stereocenters. The number of hydrogen-bond donors (Lipinski definition) is 2. The van der Waals surface area contributed by atoms with Gasteiger partial charge in [0.15, 0.2) is 0 Å². The van der Waals surface area contributed by atoms with E-state index in [1.54, 1.807) is 0 Å². The molecular formula is C12H26N2O2S. The molecule has 0 saturated carbocycles. The van der Waals surface area contributed by atoms with E-state index in [1.807, 2.05) is 6.92 Å². The van der Waals surface area contributed by atoms with E-state index in [0.717, 1.165) is 25.8 Å². The van der Waals surface area contributed by atoms with Gasteiger partial charge in [0, 0.05) is 29.1 Å².